The van der Waals surface area contributed by atoms with Crippen LogP contribution in [0.1, 0.15) is 5.56 Å². The van der Waals surface area contributed by atoms with E-state index in [1.54, 1.807) is 6.20 Å². The third kappa shape index (κ3) is 2.89. The molecule has 144 valence electrons. The molecule has 0 amide bonds. The summed E-state index contributed by atoms with van der Waals surface area (Å²) >= 11 is 1.82. The second kappa shape index (κ2) is 7.05. The third-order valence-electron chi connectivity index (χ3n) is 5.76. The highest BCUT2D eigenvalue weighted by Crippen LogP contribution is 2.43. The minimum Gasteiger partial charge on any atom is -0.263 e. The minimum absolute atomic E-state index is 0.576. The summed E-state index contributed by atoms with van der Waals surface area (Å²) in [5, 5.41) is 14.3. The summed E-state index contributed by atoms with van der Waals surface area (Å²) in [6, 6.07) is 32.2. The van der Waals surface area contributed by atoms with Gasteiger partial charge in [-0.05, 0) is 45.7 Å². The summed E-state index contributed by atoms with van der Waals surface area (Å²) in [4.78, 5) is 4.22. The monoisotopic (exact) mass is 412 g/mol. The molecule has 6 rings (SSSR count). The molecular weight excluding hydrogens is 396 g/mol. The number of nitrogens with zero attached hydrogens (tertiary/aromatic N) is 2. The first-order valence-corrected chi connectivity index (χ1v) is 10.9. The van der Waals surface area contributed by atoms with E-state index in [4.69, 9.17) is 0 Å². The van der Waals surface area contributed by atoms with Gasteiger partial charge in [0.25, 0.3) is 0 Å². The van der Waals surface area contributed by atoms with E-state index in [0.717, 1.165) is 11.1 Å². The standard InChI is InChI=1S/C28H16N2S/c29-15-18-12-21(17-30-16-18)20-10-11-24-26(13-20)31-27-14-25(19-6-2-1-3-7-19)22-8-4-5-9-23(22)28(24)27/h1-14,16-17H. The number of pyridine rings is 1. The molecule has 0 spiro atoms. The van der Waals surface area contributed by atoms with Crippen LogP contribution in [0.25, 0.3) is 53.2 Å². The fourth-order valence-corrected chi connectivity index (χ4v) is 5.54. The fourth-order valence-electron chi connectivity index (χ4n) is 4.33. The second-order valence-corrected chi connectivity index (χ2v) is 8.68. The molecule has 0 fully saturated rings. The van der Waals surface area contributed by atoms with E-state index in [1.807, 2.05) is 23.6 Å². The summed E-state index contributed by atoms with van der Waals surface area (Å²) in [7, 11) is 0. The molecule has 0 unspecified atom stereocenters. The first-order chi connectivity index (χ1) is 15.3. The highest BCUT2D eigenvalue weighted by atomic mass is 32.1. The molecule has 0 saturated heterocycles. The van der Waals surface area contributed by atoms with Gasteiger partial charge in [0.15, 0.2) is 0 Å². The van der Waals surface area contributed by atoms with Crippen molar-refractivity contribution in [3.63, 3.8) is 0 Å². The van der Waals surface area contributed by atoms with Crippen LogP contribution in [-0.2, 0) is 0 Å². The molecule has 3 heteroatoms. The van der Waals surface area contributed by atoms with Gasteiger partial charge in [-0.15, -0.1) is 11.3 Å². The Hall–Kier alpha value is -4.00. The van der Waals surface area contributed by atoms with Gasteiger partial charge in [0.2, 0.25) is 0 Å². The Morgan fingerprint density at radius 1 is 0.645 bits per heavy atom. The summed E-state index contributed by atoms with van der Waals surface area (Å²) in [6.45, 7) is 0. The fraction of sp³-hybridized carbons (Fsp3) is 0. The van der Waals surface area contributed by atoms with Crippen molar-refractivity contribution in [2.24, 2.45) is 0 Å². The lowest BCUT2D eigenvalue weighted by Gasteiger charge is -2.09. The normalized spacial score (nSPS) is 11.2. The molecule has 0 atom stereocenters. The van der Waals surface area contributed by atoms with E-state index in [9.17, 15) is 5.26 Å². The number of nitriles is 1. The van der Waals surface area contributed by atoms with Gasteiger partial charge >= 0.3 is 0 Å². The van der Waals surface area contributed by atoms with Gasteiger partial charge < -0.3 is 0 Å². The van der Waals surface area contributed by atoms with Crippen molar-refractivity contribution in [1.82, 2.24) is 4.98 Å². The number of rotatable bonds is 2. The maximum absolute atomic E-state index is 9.21. The summed E-state index contributed by atoms with van der Waals surface area (Å²) in [5.74, 6) is 0. The Labute approximate surface area is 183 Å². The smallest absolute Gasteiger partial charge is 0.101 e. The lowest BCUT2D eigenvalue weighted by molar-refractivity contribution is 1.30. The van der Waals surface area contributed by atoms with Crippen molar-refractivity contribution < 1.29 is 0 Å². The van der Waals surface area contributed by atoms with Crippen molar-refractivity contribution in [1.29, 1.82) is 5.26 Å². The molecule has 6 aromatic rings. The maximum atomic E-state index is 9.21. The van der Waals surface area contributed by atoms with Crippen LogP contribution in [0.15, 0.2) is 97.3 Å². The number of benzene rings is 4. The average Bonchev–Trinajstić information content (AvgIpc) is 3.22. The van der Waals surface area contributed by atoms with Gasteiger partial charge in [-0.2, -0.15) is 5.26 Å². The average molecular weight is 413 g/mol. The van der Waals surface area contributed by atoms with Crippen molar-refractivity contribution in [2.45, 2.75) is 0 Å². The molecule has 0 aliphatic carbocycles. The van der Waals surface area contributed by atoms with E-state index in [-0.39, 0.29) is 0 Å². The van der Waals surface area contributed by atoms with Crippen LogP contribution in [0.4, 0.5) is 0 Å². The lowest BCUT2D eigenvalue weighted by atomic mass is 9.95. The zero-order valence-electron chi connectivity index (χ0n) is 16.5. The molecular formula is C28H16N2S. The molecule has 0 N–H and O–H groups in total. The number of aromatic nitrogens is 1. The van der Waals surface area contributed by atoms with Crippen LogP contribution in [0.5, 0.6) is 0 Å². The van der Waals surface area contributed by atoms with E-state index in [2.05, 4.69) is 89.9 Å². The number of fused-ring (bicyclic) bond motifs is 5. The summed E-state index contributed by atoms with van der Waals surface area (Å²) in [5.41, 5.74) is 5.12. The highest BCUT2D eigenvalue weighted by molar-refractivity contribution is 7.26. The van der Waals surface area contributed by atoms with Crippen LogP contribution in [0, 0.1) is 11.3 Å². The Morgan fingerprint density at radius 2 is 1.45 bits per heavy atom. The lowest BCUT2D eigenvalue weighted by Crippen LogP contribution is -1.83. The molecule has 4 aromatic carbocycles. The van der Waals surface area contributed by atoms with Gasteiger partial charge in [0.1, 0.15) is 6.07 Å². The number of hydrogen-bond donors (Lipinski definition) is 0. The van der Waals surface area contributed by atoms with E-state index < -0.39 is 0 Å². The van der Waals surface area contributed by atoms with Gasteiger partial charge in [-0.3, -0.25) is 4.98 Å². The molecule has 2 heterocycles. The van der Waals surface area contributed by atoms with Crippen molar-refractivity contribution in [3.8, 4) is 28.3 Å². The zero-order chi connectivity index (χ0) is 20.8. The SMILES string of the molecule is N#Cc1cncc(-c2ccc3c(c2)sc2cc(-c4ccccc4)c4ccccc4c23)c1. The first-order valence-electron chi connectivity index (χ1n) is 10.1. The van der Waals surface area contributed by atoms with Crippen LogP contribution in [0.2, 0.25) is 0 Å². The van der Waals surface area contributed by atoms with E-state index in [1.165, 1.54) is 42.1 Å². The Morgan fingerprint density at radius 3 is 2.29 bits per heavy atom. The number of hydrogen-bond acceptors (Lipinski definition) is 3. The quantitative estimate of drug-likeness (QED) is 0.291. The van der Waals surface area contributed by atoms with Gasteiger partial charge in [0.05, 0.1) is 5.56 Å². The maximum Gasteiger partial charge on any atom is 0.101 e. The molecule has 0 radical (unpaired) electrons. The molecule has 0 aliphatic heterocycles. The molecule has 2 aromatic heterocycles. The molecule has 0 saturated carbocycles. The van der Waals surface area contributed by atoms with Crippen molar-refractivity contribution in [2.75, 3.05) is 0 Å². The number of thiophene rings is 1. The Balaban J connectivity index is 1.64. The van der Waals surface area contributed by atoms with Crippen molar-refractivity contribution in [3.05, 3.63) is 103 Å². The Kier molecular flexibility index (Phi) is 4.06. The van der Waals surface area contributed by atoms with Crippen LogP contribution < -0.4 is 0 Å². The third-order valence-corrected chi connectivity index (χ3v) is 6.86. The molecule has 0 bridgehead atoms. The van der Waals surface area contributed by atoms with Crippen LogP contribution in [-0.4, -0.2) is 4.98 Å². The Bertz CT molecular complexity index is 1640. The van der Waals surface area contributed by atoms with E-state index >= 15 is 0 Å². The van der Waals surface area contributed by atoms with Gasteiger partial charge in [-0.1, -0.05) is 66.7 Å². The highest BCUT2D eigenvalue weighted by Gasteiger charge is 2.14. The predicted molar refractivity (Wildman–Crippen MR) is 130 cm³/mol. The van der Waals surface area contributed by atoms with Crippen LogP contribution in [0.3, 0.4) is 0 Å². The second-order valence-electron chi connectivity index (χ2n) is 7.60. The van der Waals surface area contributed by atoms with Crippen LogP contribution >= 0.6 is 11.3 Å². The zero-order valence-corrected chi connectivity index (χ0v) is 17.4. The van der Waals surface area contributed by atoms with Gasteiger partial charge in [-0.25, -0.2) is 0 Å². The van der Waals surface area contributed by atoms with E-state index in [0.29, 0.717) is 5.56 Å². The van der Waals surface area contributed by atoms with Crippen molar-refractivity contribution >= 4 is 42.3 Å². The predicted octanol–water partition coefficient (Wildman–Crippen LogP) is 7.81. The summed E-state index contributed by atoms with van der Waals surface area (Å²) in [6.07, 6.45) is 3.41. The molecule has 0 aliphatic rings. The minimum atomic E-state index is 0.576. The summed E-state index contributed by atoms with van der Waals surface area (Å²) < 4.78 is 2.53. The largest absolute Gasteiger partial charge is 0.263 e. The topological polar surface area (TPSA) is 36.7 Å². The first kappa shape index (κ1) is 17.8. The molecule has 31 heavy (non-hydrogen) atoms. The molecule has 2 nitrogen and oxygen atoms in total. The van der Waals surface area contributed by atoms with Gasteiger partial charge in [0, 0.05) is 38.1 Å².